The number of benzene rings is 1. The van der Waals surface area contributed by atoms with Crippen LogP contribution in [-0.4, -0.2) is 0 Å². The lowest BCUT2D eigenvalue weighted by atomic mass is 9.79. The van der Waals surface area contributed by atoms with Gasteiger partial charge in [0, 0.05) is 37.5 Å². The Morgan fingerprint density at radius 3 is 2.52 bits per heavy atom. The Kier molecular flexibility index (Phi) is 3.31. The Balaban J connectivity index is 2.36. The molecule has 0 radical (unpaired) electrons. The maximum absolute atomic E-state index is 14.3. The van der Waals surface area contributed by atoms with E-state index in [4.69, 9.17) is 0 Å². The highest BCUT2D eigenvalue weighted by atomic mass is 19.1. The molecule has 0 unspecified atom stereocenters. The predicted octanol–water partition coefficient (Wildman–Crippen LogP) is 4.30. The van der Waals surface area contributed by atoms with Gasteiger partial charge >= 0.3 is 0 Å². The average molecular weight is 288 g/mol. The van der Waals surface area contributed by atoms with E-state index in [9.17, 15) is 8.78 Å². The molecule has 21 heavy (non-hydrogen) atoms. The first-order valence-electron chi connectivity index (χ1n) is 7.52. The van der Waals surface area contributed by atoms with Crippen molar-refractivity contribution in [1.29, 1.82) is 0 Å². The molecular formula is C18H20F2N+. The van der Waals surface area contributed by atoms with Gasteiger partial charge in [0.2, 0.25) is 5.69 Å². The van der Waals surface area contributed by atoms with Crippen molar-refractivity contribution < 1.29 is 13.3 Å². The summed E-state index contributed by atoms with van der Waals surface area (Å²) >= 11 is 0. The van der Waals surface area contributed by atoms with Crippen LogP contribution >= 0.6 is 0 Å². The second-order valence-corrected chi connectivity index (χ2v) is 5.99. The third kappa shape index (κ3) is 2.06. The fraction of sp³-hybridized carbons (Fsp3) is 0.389. The van der Waals surface area contributed by atoms with E-state index >= 15 is 0 Å². The van der Waals surface area contributed by atoms with Crippen molar-refractivity contribution in [3.63, 3.8) is 0 Å². The van der Waals surface area contributed by atoms with Crippen LogP contribution in [0.3, 0.4) is 0 Å². The van der Waals surface area contributed by atoms with Crippen molar-refractivity contribution in [3.05, 3.63) is 53.2 Å². The topological polar surface area (TPSA) is 3.88 Å². The van der Waals surface area contributed by atoms with Gasteiger partial charge < -0.3 is 0 Å². The molecule has 1 aliphatic rings. The zero-order valence-electron chi connectivity index (χ0n) is 12.7. The number of halogens is 2. The summed E-state index contributed by atoms with van der Waals surface area (Å²) in [5.41, 5.74) is 3.17. The summed E-state index contributed by atoms with van der Waals surface area (Å²) < 4.78 is 30.2. The average Bonchev–Trinajstić information content (AvgIpc) is 2.45. The number of hydrogen-bond donors (Lipinski definition) is 0. The summed E-state index contributed by atoms with van der Waals surface area (Å²) in [7, 11) is 0. The molecule has 0 amide bonds. The molecule has 2 aromatic rings. The van der Waals surface area contributed by atoms with Crippen LogP contribution in [0.4, 0.5) is 8.78 Å². The molecule has 110 valence electrons. The van der Waals surface area contributed by atoms with E-state index in [2.05, 4.69) is 24.5 Å². The number of aromatic nitrogens is 1. The van der Waals surface area contributed by atoms with Gasteiger partial charge in [-0.1, -0.05) is 13.8 Å². The van der Waals surface area contributed by atoms with Crippen LogP contribution in [0.25, 0.3) is 11.3 Å². The molecule has 3 heteroatoms. The van der Waals surface area contributed by atoms with Gasteiger partial charge in [0.25, 0.3) is 0 Å². The van der Waals surface area contributed by atoms with Crippen molar-refractivity contribution >= 4 is 0 Å². The lowest BCUT2D eigenvalue weighted by molar-refractivity contribution is -0.758. The molecular weight excluding hydrogens is 268 g/mol. The summed E-state index contributed by atoms with van der Waals surface area (Å²) in [6.45, 7) is 6.28. The predicted molar refractivity (Wildman–Crippen MR) is 79.0 cm³/mol. The first kappa shape index (κ1) is 14.2. The first-order chi connectivity index (χ1) is 10.0. The Hall–Kier alpha value is -1.77. The number of pyridine rings is 1. The van der Waals surface area contributed by atoms with Crippen LogP contribution in [-0.2, 0) is 12.0 Å². The summed E-state index contributed by atoms with van der Waals surface area (Å²) in [5.74, 6) is -0.960. The lowest BCUT2D eigenvalue weighted by Crippen LogP contribution is -2.60. The fourth-order valence-electron chi connectivity index (χ4n) is 3.55. The lowest BCUT2D eigenvalue weighted by Gasteiger charge is -2.33. The molecule has 0 atom stereocenters. The summed E-state index contributed by atoms with van der Waals surface area (Å²) in [6.07, 6.45) is 4.58. The van der Waals surface area contributed by atoms with E-state index < -0.39 is 11.6 Å². The molecule has 0 fully saturated rings. The van der Waals surface area contributed by atoms with Crippen LogP contribution in [0, 0.1) is 18.6 Å². The van der Waals surface area contributed by atoms with E-state index in [0.717, 1.165) is 35.7 Å². The minimum Gasteiger partial charge on any atom is -0.207 e. The quantitative estimate of drug-likeness (QED) is 0.725. The third-order valence-corrected chi connectivity index (χ3v) is 4.85. The number of aryl methyl sites for hydroxylation is 1. The third-order valence-electron chi connectivity index (χ3n) is 4.85. The summed E-state index contributed by atoms with van der Waals surface area (Å²) in [5, 5.41) is 0. The maximum atomic E-state index is 14.3. The van der Waals surface area contributed by atoms with E-state index in [1.165, 1.54) is 6.07 Å². The van der Waals surface area contributed by atoms with Gasteiger partial charge in [0.05, 0.1) is 5.56 Å². The number of fused-ring (bicyclic) bond motifs is 3. The van der Waals surface area contributed by atoms with Crippen molar-refractivity contribution in [2.24, 2.45) is 0 Å². The van der Waals surface area contributed by atoms with Gasteiger partial charge in [0.1, 0.15) is 11.6 Å². The van der Waals surface area contributed by atoms with Crippen LogP contribution in [0.1, 0.15) is 37.8 Å². The molecule has 0 aliphatic carbocycles. The molecule has 1 nitrogen and oxygen atoms in total. The van der Waals surface area contributed by atoms with Crippen LogP contribution in [0.5, 0.6) is 0 Å². The van der Waals surface area contributed by atoms with Crippen molar-refractivity contribution in [2.45, 2.75) is 45.6 Å². The van der Waals surface area contributed by atoms with Crippen molar-refractivity contribution in [1.82, 2.24) is 0 Å². The summed E-state index contributed by atoms with van der Waals surface area (Å²) in [4.78, 5) is 0. The smallest absolute Gasteiger partial charge is 0.207 e. The maximum Gasteiger partial charge on any atom is 0.216 e. The van der Waals surface area contributed by atoms with E-state index in [1.54, 1.807) is 0 Å². The molecule has 1 aromatic heterocycles. The first-order valence-corrected chi connectivity index (χ1v) is 7.52. The Morgan fingerprint density at radius 2 is 1.86 bits per heavy atom. The number of rotatable bonds is 2. The van der Waals surface area contributed by atoms with Crippen LogP contribution < -0.4 is 4.57 Å². The standard InChI is InChI=1S/C18H20F2N/c1-4-18(5-2)11-13-9-14(19)10-15(20)17(13)16-8-12(3)6-7-21(16)18/h6-10H,4-5,11H2,1-3H3/q+1. The molecule has 0 saturated carbocycles. The molecule has 0 spiro atoms. The van der Waals surface area contributed by atoms with E-state index in [0.29, 0.717) is 12.0 Å². The minimum atomic E-state index is -0.492. The largest absolute Gasteiger partial charge is 0.216 e. The van der Waals surface area contributed by atoms with Gasteiger partial charge in [-0.05, 0) is 24.1 Å². The zero-order valence-corrected chi connectivity index (χ0v) is 12.7. The highest BCUT2D eigenvalue weighted by molar-refractivity contribution is 5.64. The van der Waals surface area contributed by atoms with Gasteiger partial charge in [-0.25, -0.2) is 8.78 Å². The van der Waals surface area contributed by atoms with Gasteiger partial charge in [0.15, 0.2) is 11.7 Å². The fourth-order valence-corrected chi connectivity index (χ4v) is 3.55. The zero-order chi connectivity index (χ0) is 15.2. The van der Waals surface area contributed by atoms with Crippen LogP contribution in [0.15, 0.2) is 30.5 Å². The Bertz CT molecular complexity index is 703. The highest BCUT2D eigenvalue weighted by Gasteiger charge is 2.44. The van der Waals surface area contributed by atoms with Crippen LogP contribution in [0.2, 0.25) is 0 Å². The summed E-state index contributed by atoms with van der Waals surface area (Å²) in [6, 6.07) is 6.52. The molecule has 0 saturated heterocycles. The second-order valence-electron chi connectivity index (χ2n) is 5.99. The van der Waals surface area contributed by atoms with Crippen molar-refractivity contribution in [3.8, 4) is 11.3 Å². The second kappa shape index (κ2) is 4.90. The highest BCUT2D eigenvalue weighted by Crippen LogP contribution is 2.37. The van der Waals surface area contributed by atoms with Crippen molar-refractivity contribution in [2.75, 3.05) is 0 Å². The normalized spacial score (nSPS) is 15.5. The van der Waals surface area contributed by atoms with Gasteiger partial charge in [-0.15, -0.1) is 0 Å². The molecule has 3 rings (SSSR count). The minimum absolute atomic E-state index is 0.101. The Morgan fingerprint density at radius 1 is 1.14 bits per heavy atom. The Labute approximate surface area is 124 Å². The molecule has 1 aliphatic heterocycles. The SMILES string of the molecule is CCC1(CC)Cc2cc(F)cc(F)c2-c2cc(C)cc[n+]21. The number of nitrogens with zero attached hydrogens (tertiary/aromatic N) is 1. The molecule has 0 bridgehead atoms. The van der Waals surface area contributed by atoms with Gasteiger partial charge in [-0.3, -0.25) is 0 Å². The number of hydrogen-bond acceptors (Lipinski definition) is 0. The molecule has 0 N–H and O–H groups in total. The van der Waals surface area contributed by atoms with E-state index in [1.807, 2.05) is 19.2 Å². The van der Waals surface area contributed by atoms with E-state index in [-0.39, 0.29) is 5.54 Å². The molecule has 2 heterocycles. The monoisotopic (exact) mass is 288 g/mol. The van der Waals surface area contributed by atoms with Gasteiger partial charge in [-0.2, -0.15) is 4.57 Å². The molecule has 1 aromatic carbocycles.